The van der Waals surface area contributed by atoms with Gasteiger partial charge in [0.25, 0.3) is 0 Å². The molecule has 2 heteroatoms. The quantitative estimate of drug-likeness (QED) is 0.782. The molecule has 0 spiro atoms. The fourth-order valence-corrected chi connectivity index (χ4v) is 1.69. The van der Waals surface area contributed by atoms with Gasteiger partial charge in [0, 0.05) is 18.8 Å². The Bertz CT molecular complexity index is 453. The van der Waals surface area contributed by atoms with E-state index >= 15 is 0 Å². The van der Waals surface area contributed by atoms with Crippen molar-refractivity contribution in [3.05, 3.63) is 59.9 Å². The van der Waals surface area contributed by atoms with Gasteiger partial charge >= 0.3 is 0 Å². The van der Waals surface area contributed by atoms with Crippen molar-refractivity contribution in [1.82, 2.24) is 4.98 Å². The zero-order valence-electron chi connectivity index (χ0n) is 10.1. The number of nitrogens with zero attached hydrogens (tertiary/aromatic N) is 1. The van der Waals surface area contributed by atoms with Crippen LogP contribution in [0.2, 0.25) is 0 Å². The van der Waals surface area contributed by atoms with E-state index in [4.69, 9.17) is 4.74 Å². The molecule has 0 N–H and O–H groups in total. The summed E-state index contributed by atoms with van der Waals surface area (Å²) in [5, 5.41) is 0. The van der Waals surface area contributed by atoms with Crippen LogP contribution in [0.3, 0.4) is 0 Å². The van der Waals surface area contributed by atoms with Crippen molar-refractivity contribution in [3.63, 3.8) is 0 Å². The Labute approximate surface area is 102 Å². The standard InChI is InChI=1S/C15H17NO/c1-2-13-5-3-7-15(11-13)17-10-8-14-6-4-9-16-12-14/h3-7,9,11-12H,2,8,10H2,1H3. The van der Waals surface area contributed by atoms with Gasteiger partial charge in [-0.15, -0.1) is 0 Å². The predicted molar refractivity (Wildman–Crippen MR) is 69.3 cm³/mol. The molecular formula is C15H17NO. The topological polar surface area (TPSA) is 22.1 Å². The molecule has 1 heterocycles. The number of benzene rings is 1. The lowest BCUT2D eigenvalue weighted by Crippen LogP contribution is -2.01. The Morgan fingerprint density at radius 3 is 2.76 bits per heavy atom. The second kappa shape index (κ2) is 6.04. The highest BCUT2D eigenvalue weighted by atomic mass is 16.5. The first-order valence-corrected chi connectivity index (χ1v) is 5.99. The van der Waals surface area contributed by atoms with Crippen molar-refractivity contribution < 1.29 is 4.74 Å². The van der Waals surface area contributed by atoms with Crippen molar-refractivity contribution in [2.45, 2.75) is 19.8 Å². The second-order valence-electron chi connectivity index (χ2n) is 3.96. The minimum atomic E-state index is 0.693. The van der Waals surface area contributed by atoms with Gasteiger partial charge in [0.2, 0.25) is 0 Å². The van der Waals surface area contributed by atoms with Crippen molar-refractivity contribution in [2.75, 3.05) is 6.61 Å². The summed E-state index contributed by atoms with van der Waals surface area (Å²) in [4.78, 5) is 4.08. The van der Waals surface area contributed by atoms with Crippen LogP contribution in [0.25, 0.3) is 0 Å². The molecular weight excluding hydrogens is 210 g/mol. The molecule has 2 nitrogen and oxygen atoms in total. The molecule has 0 saturated heterocycles. The molecule has 0 aliphatic carbocycles. The molecule has 2 rings (SSSR count). The third kappa shape index (κ3) is 3.59. The molecule has 1 aromatic heterocycles. The van der Waals surface area contributed by atoms with Crippen LogP contribution in [-0.4, -0.2) is 11.6 Å². The summed E-state index contributed by atoms with van der Waals surface area (Å²) in [5.41, 5.74) is 2.52. The van der Waals surface area contributed by atoms with Gasteiger partial charge < -0.3 is 4.74 Å². The average molecular weight is 227 g/mol. The van der Waals surface area contributed by atoms with Gasteiger partial charge in [-0.1, -0.05) is 25.1 Å². The highest BCUT2D eigenvalue weighted by Crippen LogP contribution is 2.14. The van der Waals surface area contributed by atoms with E-state index in [0.29, 0.717) is 6.61 Å². The fraction of sp³-hybridized carbons (Fsp3) is 0.267. The number of ether oxygens (including phenoxy) is 1. The summed E-state index contributed by atoms with van der Waals surface area (Å²) in [6.07, 6.45) is 5.60. The van der Waals surface area contributed by atoms with E-state index in [1.165, 1.54) is 11.1 Å². The van der Waals surface area contributed by atoms with E-state index in [9.17, 15) is 0 Å². The number of pyridine rings is 1. The molecule has 17 heavy (non-hydrogen) atoms. The van der Waals surface area contributed by atoms with Gasteiger partial charge in [-0.05, 0) is 35.7 Å². The normalized spacial score (nSPS) is 10.2. The van der Waals surface area contributed by atoms with E-state index in [2.05, 4.69) is 30.1 Å². The van der Waals surface area contributed by atoms with E-state index in [1.807, 2.05) is 24.4 Å². The lowest BCUT2D eigenvalue weighted by atomic mass is 10.2. The molecule has 0 atom stereocenters. The molecule has 0 saturated carbocycles. The Kier molecular flexibility index (Phi) is 4.14. The Morgan fingerprint density at radius 1 is 1.12 bits per heavy atom. The Morgan fingerprint density at radius 2 is 2.00 bits per heavy atom. The van der Waals surface area contributed by atoms with E-state index in [-0.39, 0.29) is 0 Å². The van der Waals surface area contributed by atoms with Gasteiger partial charge in [-0.2, -0.15) is 0 Å². The first-order valence-electron chi connectivity index (χ1n) is 5.99. The van der Waals surface area contributed by atoms with E-state index < -0.39 is 0 Å². The molecule has 0 bridgehead atoms. The Hall–Kier alpha value is -1.83. The van der Waals surface area contributed by atoms with Crippen molar-refractivity contribution in [3.8, 4) is 5.75 Å². The molecule has 0 fully saturated rings. The maximum atomic E-state index is 5.72. The monoisotopic (exact) mass is 227 g/mol. The van der Waals surface area contributed by atoms with Crippen molar-refractivity contribution in [1.29, 1.82) is 0 Å². The fourth-order valence-electron chi connectivity index (χ4n) is 1.69. The van der Waals surface area contributed by atoms with Crippen LogP contribution in [0, 0.1) is 0 Å². The molecule has 0 amide bonds. The van der Waals surface area contributed by atoms with E-state index in [1.54, 1.807) is 6.20 Å². The van der Waals surface area contributed by atoms with Crippen LogP contribution in [0.15, 0.2) is 48.8 Å². The Balaban J connectivity index is 1.86. The summed E-state index contributed by atoms with van der Waals surface area (Å²) in [6.45, 7) is 2.84. The zero-order chi connectivity index (χ0) is 11.9. The van der Waals surface area contributed by atoms with Gasteiger partial charge in [-0.25, -0.2) is 0 Å². The van der Waals surface area contributed by atoms with Gasteiger partial charge in [-0.3, -0.25) is 4.98 Å². The van der Waals surface area contributed by atoms with Gasteiger partial charge in [0.05, 0.1) is 6.61 Å². The van der Waals surface area contributed by atoms with E-state index in [0.717, 1.165) is 18.6 Å². The average Bonchev–Trinajstić information content (AvgIpc) is 2.40. The molecule has 1 aromatic carbocycles. The summed E-state index contributed by atoms with van der Waals surface area (Å²) >= 11 is 0. The third-order valence-corrected chi connectivity index (χ3v) is 2.69. The zero-order valence-corrected chi connectivity index (χ0v) is 10.1. The smallest absolute Gasteiger partial charge is 0.119 e. The third-order valence-electron chi connectivity index (χ3n) is 2.69. The van der Waals surface area contributed by atoms with Crippen LogP contribution in [0.1, 0.15) is 18.1 Å². The van der Waals surface area contributed by atoms with Gasteiger partial charge in [0.15, 0.2) is 0 Å². The largest absolute Gasteiger partial charge is 0.493 e. The summed E-state index contributed by atoms with van der Waals surface area (Å²) in [5.74, 6) is 0.952. The first kappa shape index (κ1) is 11.6. The molecule has 2 aromatic rings. The number of aryl methyl sites for hydroxylation is 1. The summed E-state index contributed by atoms with van der Waals surface area (Å²) in [6, 6.07) is 12.3. The lowest BCUT2D eigenvalue weighted by molar-refractivity contribution is 0.321. The van der Waals surface area contributed by atoms with Crippen LogP contribution in [0.4, 0.5) is 0 Å². The number of hydrogen-bond donors (Lipinski definition) is 0. The minimum Gasteiger partial charge on any atom is -0.493 e. The second-order valence-corrected chi connectivity index (χ2v) is 3.96. The maximum absolute atomic E-state index is 5.72. The molecule has 0 aliphatic heterocycles. The van der Waals surface area contributed by atoms with Crippen LogP contribution >= 0.6 is 0 Å². The van der Waals surface area contributed by atoms with Crippen molar-refractivity contribution >= 4 is 0 Å². The molecule has 0 aliphatic rings. The highest BCUT2D eigenvalue weighted by Gasteiger charge is 1.96. The van der Waals surface area contributed by atoms with Crippen LogP contribution in [0.5, 0.6) is 5.75 Å². The number of aromatic nitrogens is 1. The lowest BCUT2D eigenvalue weighted by Gasteiger charge is -2.07. The SMILES string of the molecule is CCc1cccc(OCCc2cccnc2)c1. The summed E-state index contributed by atoms with van der Waals surface area (Å²) < 4.78 is 5.72. The predicted octanol–water partition coefficient (Wildman–Crippen LogP) is 3.27. The van der Waals surface area contributed by atoms with Gasteiger partial charge in [0.1, 0.15) is 5.75 Å². The number of hydrogen-bond acceptors (Lipinski definition) is 2. The van der Waals surface area contributed by atoms with Crippen LogP contribution in [-0.2, 0) is 12.8 Å². The highest BCUT2D eigenvalue weighted by molar-refractivity contribution is 5.28. The van der Waals surface area contributed by atoms with Crippen LogP contribution < -0.4 is 4.74 Å². The molecule has 0 radical (unpaired) electrons. The minimum absolute atomic E-state index is 0.693. The number of rotatable bonds is 5. The first-order chi connectivity index (χ1) is 8.38. The summed E-state index contributed by atoms with van der Waals surface area (Å²) in [7, 11) is 0. The molecule has 0 unspecified atom stereocenters. The van der Waals surface area contributed by atoms with Crippen molar-refractivity contribution in [2.24, 2.45) is 0 Å². The maximum Gasteiger partial charge on any atom is 0.119 e. The molecule has 88 valence electrons.